The van der Waals surface area contributed by atoms with Crippen molar-refractivity contribution in [2.24, 2.45) is 0 Å². The van der Waals surface area contributed by atoms with E-state index in [0.29, 0.717) is 0 Å². The third kappa shape index (κ3) is 0.621. The third-order valence-corrected chi connectivity index (χ3v) is 1.32. The zero-order valence-corrected chi connectivity index (χ0v) is 5.11. The van der Waals surface area contributed by atoms with Crippen molar-refractivity contribution in [3.05, 3.63) is 34.7 Å². The summed E-state index contributed by atoms with van der Waals surface area (Å²) in [7, 11) is 0. The van der Waals surface area contributed by atoms with Gasteiger partial charge in [0.1, 0.15) is 0 Å². The summed E-state index contributed by atoms with van der Waals surface area (Å²) in [5.74, 6) is 0. The van der Waals surface area contributed by atoms with Gasteiger partial charge in [0.05, 0.1) is 11.7 Å². The number of hydrogen-bond acceptors (Lipinski definition) is 2. The van der Waals surface area contributed by atoms with E-state index in [-0.39, 0.29) is 5.43 Å². The molecule has 10 heavy (non-hydrogen) atoms. The second-order valence-corrected chi connectivity index (χ2v) is 2.02. The van der Waals surface area contributed by atoms with Crippen molar-refractivity contribution in [3.63, 3.8) is 0 Å². The lowest BCUT2D eigenvalue weighted by Crippen LogP contribution is -1.98. The SMILES string of the molecule is O=c1ccn2[nH]ncc2c1. The van der Waals surface area contributed by atoms with E-state index < -0.39 is 0 Å². The zero-order valence-electron chi connectivity index (χ0n) is 5.11. The molecule has 0 unspecified atom stereocenters. The molecule has 4 heteroatoms. The molecule has 0 amide bonds. The smallest absolute Gasteiger partial charge is 0.182 e. The monoisotopic (exact) mass is 135 g/mol. The molecular weight excluding hydrogens is 130 g/mol. The van der Waals surface area contributed by atoms with Gasteiger partial charge < -0.3 is 0 Å². The maximum Gasteiger partial charge on any atom is 0.182 e. The van der Waals surface area contributed by atoms with E-state index >= 15 is 0 Å². The van der Waals surface area contributed by atoms with Crippen molar-refractivity contribution >= 4 is 5.52 Å². The maximum atomic E-state index is 10.7. The quantitative estimate of drug-likeness (QED) is 0.553. The fourth-order valence-electron chi connectivity index (χ4n) is 0.845. The molecule has 0 aliphatic carbocycles. The molecule has 0 saturated carbocycles. The summed E-state index contributed by atoms with van der Waals surface area (Å²) in [6, 6.07) is 2.99. The van der Waals surface area contributed by atoms with Crippen LogP contribution < -0.4 is 5.43 Å². The summed E-state index contributed by atoms with van der Waals surface area (Å²) >= 11 is 0. The first-order valence-corrected chi connectivity index (χ1v) is 2.88. The summed E-state index contributed by atoms with van der Waals surface area (Å²) in [5.41, 5.74) is 0.786. The van der Waals surface area contributed by atoms with E-state index in [1.807, 2.05) is 0 Å². The standard InChI is InChI=1S/C6H5N3O/c10-6-1-2-9-5(3-6)4-7-8-9/h1-4,8H. The van der Waals surface area contributed by atoms with Gasteiger partial charge in [0.2, 0.25) is 0 Å². The van der Waals surface area contributed by atoms with Crippen LogP contribution >= 0.6 is 0 Å². The predicted octanol–water partition coefficient (Wildman–Crippen LogP) is 0.0226. The van der Waals surface area contributed by atoms with Crippen LogP contribution in [0.4, 0.5) is 0 Å². The lowest BCUT2D eigenvalue weighted by atomic mass is 10.4. The van der Waals surface area contributed by atoms with Crippen LogP contribution in [-0.2, 0) is 0 Å². The largest absolute Gasteiger partial charge is 0.290 e. The fourth-order valence-corrected chi connectivity index (χ4v) is 0.845. The Hall–Kier alpha value is -1.58. The summed E-state index contributed by atoms with van der Waals surface area (Å²) in [5, 5.41) is 6.42. The fraction of sp³-hybridized carbons (Fsp3) is 0. The van der Waals surface area contributed by atoms with Crippen LogP contribution in [0.2, 0.25) is 0 Å². The molecule has 0 atom stereocenters. The predicted molar refractivity (Wildman–Crippen MR) is 35.8 cm³/mol. The lowest BCUT2D eigenvalue weighted by Gasteiger charge is -1.86. The first-order chi connectivity index (χ1) is 4.86. The van der Waals surface area contributed by atoms with Crippen LogP contribution in [-0.4, -0.2) is 14.8 Å². The molecule has 1 N–H and O–H groups in total. The molecule has 2 aromatic heterocycles. The van der Waals surface area contributed by atoms with Crippen molar-refractivity contribution in [1.29, 1.82) is 0 Å². The van der Waals surface area contributed by atoms with E-state index in [1.54, 1.807) is 16.9 Å². The van der Waals surface area contributed by atoms with E-state index in [9.17, 15) is 4.79 Å². The number of H-pyrrole nitrogens is 1. The number of pyridine rings is 1. The van der Waals surface area contributed by atoms with Gasteiger partial charge in [0.15, 0.2) is 5.43 Å². The molecule has 0 fully saturated rings. The molecule has 2 heterocycles. The van der Waals surface area contributed by atoms with Crippen molar-refractivity contribution < 1.29 is 0 Å². The summed E-state index contributed by atoms with van der Waals surface area (Å²) in [6.45, 7) is 0. The Labute approximate surface area is 56.1 Å². The first-order valence-electron chi connectivity index (χ1n) is 2.88. The average Bonchev–Trinajstić information content (AvgIpc) is 2.33. The highest BCUT2D eigenvalue weighted by Crippen LogP contribution is 1.91. The van der Waals surface area contributed by atoms with Crippen LogP contribution in [0.15, 0.2) is 29.3 Å². The topological polar surface area (TPSA) is 50.2 Å². The zero-order chi connectivity index (χ0) is 6.97. The second-order valence-electron chi connectivity index (χ2n) is 2.02. The number of fused-ring (bicyclic) bond motifs is 1. The first kappa shape index (κ1) is 5.22. The van der Waals surface area contributed by atoms with Crippen molar-refractivity contribution in [2.45, 2.75) is 0 Å². The molecule has 0 aliphatic heterocycles. The summed E-state index contributed by atoms with van der Waals surface area (Å²) in [4.78, 5) is 10.7. The number of hydrogen-bond donors (Lipinski definition) is 1. The van der Waals surface area contributed by atoms with E-state index in [0.717, 1.165) is 5.52 Å². The van der Waals surface area contributed by atoms with Gasteiger partial charge in [-0.3, -0.25) is 4.79 Å². The van der Waals surface area contributed by atoms with Crippen LogP contribution in [0.25, 0.3) is 5.52 Å². The number of rotatable bonds is 0. The molecule has 50 valence electrons. The minimum absolute atomic E-state index is 0.00130. The van der Waals surface area contributed by atoms with Gasteiger partial charge in [0, 0.05) is 18.3 Å². The van der Waals surface area contributed by atoms with Gasteiger partial charge in [-0.1, -0.05) is 0 Å². The number of nitrogens with one attached hydrogen (secondary N) is 1. The summed E-state index contributed by atoms with van der Waals surface area (Å²) in [6.07, 6.45) is 3.24. The van der Waals surface area contributed by atoms with E-state index in [4.69, 9.17) is 0 Å². The summed E-state index contributed by atoms with van der Waals surface area (Å²) < 4.78 is 1.67. The minimum Gasteiger partial charge on any atom is -0.290 e. The molecule has 0 bridgehead atoms. The third-order valence-electron chi connectivity index (χ3n) is 1.32. The average molecular weight is 135 g/mol. The molecular formula is C6H5N3O. The maximum absolute atomic E-state index is 10.7. The van der Waals surface area contributed by atoms with Crippen LogP contribution in [0.5, 0.6) is 0 Å². The number of aromatic amines is 1. The normalized spacial score (nSPS) is 10.4. The molecule has 2 rings (SSSR count). The molecule has 0 saturated heterocycles. The number of nitrogens with zero attached hydrogens (tertiary/aromatic N) is 2. The molecule has 0 aliphatic rings. The van der Waals surface area contributed by atoms with E-state index in [2.05, 4.69) is 10.3 Å². The highest BCUT2D eigenvalue weighted by atomic mass is 16.1. The van der Waals surface area contributed by atoms with Gasteiger partial charge in [-0.25, -0.2) is 9.73 Å². The second kappa shape index (κ2) is 1.70. The Balaban J connectivity index is 2.99. The Morgan fingerprint density at radius 2 is 2.50 bits per heavy atom. The van der Waals surface area contributed by atoms with Crippen molar-refractivity contribution in [1.82, 2.24) is 14.8 Å². The minimum atomic E-state index is 0.00130. The van der Waals surface area contributed by atoms with Crippen LogP contribution in [0.1, 0.15) is 0 Å². The van der Waals surface area contributed by atoms with Crippen LogP contribution in [0, 0.1) is 0 Å². The van der Waals surface area contributed by atoms with Crippen LogP contribution in [0.3, 0.4) is 0 Å². The van der Waals surface area contributed by atoms with E-state index in [1.165, 1.54) is 12.1 Å². The van der Waals surface area contributed by atoms with Gasteiger partial charge in [-0.05, 0) is 0 Å². The molecule has 0 aromatic carbocycles. The molecule has 0 spiro atoms. The van der Waals surface area contributed by atoms with Gasteiger partial charge in [-0.2, -0.15) is 5.10 Å². The molecule has 2 aromatic rings. The highest BCUT2D eigenvalue weighted by molar-refractivity contribution is 5.41. The Bertz CT molecular complexity index is 400. The van der Waals surface area contributed by atoms with Gasteiger partial charge in [0.25, 0.3) is 0 Å². The van der Waals surface area contributed by atoms with Crippen molar-refractivity contribution in [3.8, 4) is 0 Å². The van der Waals surface area contributed by atoms with Crippen molar-refractivity contribution in [2.75, 3.05) is 0 Å². The highest BCUT2D eigenvalue weighted by Gasteiger charge is 1.90. The molecule has 4 nitrogen and oxygen atoms in total. The number of aromatic nitrogens is 3. The molecule has 0 radical (unpaired) electrons. The Morgan fingerprint density at radius 3 is 3.40 bits per heavy atom. The Kier molecular flexibility index (Phi) is 0.887. The van der Waals surface area contributed by atoms with Gasteiger partial charge in [-0.15, -0.1) is 0 Å². The Morgan fingerprint density at radius 1 is 1.60 bits per heavy atom. The van der Waals surface area contributed by atoms with Gasteiger partial charge >= 0.3 is 0 Å². The lowest BCUT2D eigenvalue weighted by molar-refractivity contribution is 0.854.